The first-order valence-electron chi connectivity index (χ1n) is 9.96. The van der Waals surface area contributed by atoms with Crippen molar-refractivity contribution in [3.8, 4) is 5.75 Å². The van der Waals surface area contributed by atoms with Gasteiger partial charge in [0, 0.05) is 17.8 Å². The number of hydrogen-bond donors (Lipinski definition) is 3. The predicted octanol–water partition coefficient (Wildman–Crippen LogP) is 3.77. The highest BCUT2D eigenvalue weighted by Gasteiger charge is 2.26. The average Bonchev–Trinajstić information content (AvgIpc) is 2.79. The van der Waals surface area contributed by atoms with E-state index in [2.05, 4.69) is 15.4 Å². The quantitative estimate of drug-likeness (QED) is 0.509. The molecule has 0 aliphatic carbocycles. The molecule has 170 valence electrons. The number of benzene rings is 3. The molecule has 1 heterocycles. The van der Waals surface area contributed by atoms with Gasteiger partial charge in [0.05, 0.1) is 18.4 Å². The fraction of sp³-hybridized carbons (Fsp3) is 0.130. The number of nitrogens with one attached hydrogen (secondary N) is 3. The van der Waals surface area contributed by atoms with Crippen molar-refractivity contribution in [3.05, 3.63) is 77.6 Å². The molecule has 0 aromatic heterocycles. The van der Waals surface area contributed by atoms with E-state index in [4.69, 9.17) is 4.74 Å². The van der Waals surface area contributed by atoms with Crippen LogP contribution in [0.2, 0.25) is 0 Å². The van der Waals surface area contributed by atoms with Crippen LogP contribution in [0, 0.1) is 5.82 Å². The maximum absolute atomic E-state index is 14.7. The first kappa shape index (κ1) is 22.3. The zero-order valence-electron chi connectivity index (χ0n) is 17.5. The van der Waals surface area contributed by atoms with Crippen LogP contribution in [0.3, 0.4) is 0 Å². The number of hydrogen-bond acceptors (Lipinski definition) is 5. The van der Waals surface area contributed by atoms with Gasteiger partial charge in [0.2, 0.25) is 5.91 Å². The van der Waals surface area contributed by atoms with Crippen molar-refractivity contribution in [2.24, 2.45) is 0 Å². The third-order valence-corrected chi connectivity index (χ3v) is 6.49. The van der Waals surface area contributed by atoms with E-state index in [0.717, 1.165) is 6.07 Å². The number of ether oxygens (including phenoxy) is 1. The fourth-order valence-electron chi connectivity index (χ4n) is 3.43. The van der Waals surface area contributed by atoms with Crippen molar-refractivity contribution in [2.75, 3.05) is 22.5 Å². The average molecular weight is 469 g/mol. The molecule has 10 heteroatoms. The van der Waals surface area contributed by atoms with Crippen LogP contribution < -0.4 is 20.1 Å². The molecule has 1 aliphatic heterocycles. The monoisotopic (exact) mass is 469 g/mol. The molecule has 8 nitrogen and oxygen atoms in total. The van der Waals surface area contributed by atoms with Crippen LogP contribution >= 0.6 is 0 Å². The van der Waals surface area contributed by atoms with Crippen molar-refractivity contribution in [2.45, 2.75) is 17.7 Å². The van der Waals surface area contributed by atoms with E-state index in [1.807, 2.05) is 0 Å². The molecule has 0 unspecified atom stereocenters. The molecule has 0 saturated heterocycles. The van der Waals surface area contributed by atoms with Crippen molar-refractivity contribution >= 4 is 38.9 Å². The zero-order valence-corrected chi connectivity index (χ0v) is 18.3. The van der Waals surface area contributed by atoms with E-state index in [0.29, 0.717) is 23.4 Å². The summed E-state index contributed by atoms with van der Waals surface area (Å²) < 4.78 is 48.0. The second-order valence-corrected chi connectivity index (χ2v) is 8.97. The van der Waals surface area contributed by atoms with Gasteiger partial charge in [-0.05, 0) is 60.5 Å². The maximum Gasteiger partial charge on any atom is 0.264 e. The van der Waals surface area contributed by atoms with Gasteiger partial charge >= 0.3 is 0 Å². The molecule has 3 N–H and O–H groups in total. The van der Waals surface area contributed by atoms with Gasteiger partial charge < -0.3 is 15.4 Å². The van der Waals surface area contributed by atoms with Gasteiger partial charge in [-0.25, -0.2) is 12.8 Å². The summed E-state index contributed by atoms with van der Waals surface area (Å²) in [5, 5.41) is 5.22. The van der Waals surface area contributed by atoms with Crippen LogP contribution in [-0.4, -0.2) is 27.3 Å². The Hall–Kier alpha value is -3.92. The van der Waals surface area contributed by atoms with Gasteiger partial charge in [-0.2, -0.15) is 0 Å². The molecule has 3 aromatic carbocycles. The van der Waals surface area contributed by atoms with Crippen LogP contribution in [0.5, 0.6) is 5.75 Å². The molecule has 3 aromatic rings. The van der Waals surface area contributed by atoms with E-state index < -0.39 is 26.6 Å². The third-order valence-electron chi connectivity index (χ3n) is 5.11. The molecule has 0 bridgehead atoms. The molecular formula is C23H20FN3O5S. The molecule has 0 radical (unpaired) electrons. The normalized spacial score (nSPS) is 13.0. The lowest BCUT2D eigenvalue weighted by Gasteiger charge is -2.19. The number of carbonyl (C=O) groups excluding carboxylic acids is 2. The Kier molecular flexibility index (Phi) is 6.01. The first-order chi connectivity index (χ1) is 15.8. The molecular weight excluding hydrogens is 449 g/mol. The summed E-state index contributed by atoms with van der Waals surface area (Å²) in [5.74, 6) is -1.20. The highest BCUT2D eigenvalue weighted by Crippen LogP contribution is 2.30. The summed E-state index contributed by atoms with van der Waals surface area (Å²) in [7, 11) is -2.84. The summed E-state index contributed by atoms with van der Waals surface area (Å²) >= 11 is 0. The van der Waals surface area contributed by atoms with Crippen LogP contribution in [0.15, 0.2) is 65.6 Å². The molecule has 33 heavy (non-hydrogen) atoms. The minimum absolute atomic E-state index is 0.00562. The number of sulfonamides is 1. The Morgan fingerprint density at radius 3 is 2.52 bits per heavy atom. The highest BCUT2D eigenvalue weighted by atomic mass is 32.2. The third kappa shape index (κ3) is 4.80. The Labute approximate surface area is 189 Å². The molecule has 0 atom stereocenters. The fourth-order valence-corrected chi connectivity index (χ4v) is 4.62. The summed E-state index contributed by atoms with van der Waals surface area (Å²) in [6.07, 6.45) is 0.477. The van der Waals surface area contributed by atoms with E-state index in [-0.39, 0.29) is 29.3 Å². The van der Waals surface area contributed by atoms with Gasteiger partial charge in [0.25, 0.3) is 15.9 Å². The Bertz CT molecular complexity index is 1340. The minimum atomic E-state index is -4.36. The molecule has 0 saturated carbocycles. The van der Waals surface area contributed by atoms with E-state index in [1.54, 1.807) is 36.4 Å². The maximum atomic E-state index is 14.7. The van der Waals surface area contributed by atoms with Crippen LogP contribution in [-0.2, 0) is 21.2 Å². The largest absolute Gasteiger partial charge is 0.497 e. The van der Waals surface area contributed by atoms with E-state index >= 15 is 0 Å². The van der Waals surface area contributed by atoms with Gasteiger partial charge in [-0.1, -0.05) is 12.1 Å². The van der Waals surface area contributed by atoms with Gasteiger partial charge in [-0.3, -0.25) is 14.3 Å². The van der Waals surface area contributed by atoms with Crippen molar-refractivity contribution in [3.63, 3.8) is 0 Å². The smallest absolute Gasteiger partial charge is 0.264 e. The lowest BCUT2D eigenvalue weighted by Crippen LogP contribution is -2.22. The second-order valence-electron chi connectivity index (χ2n) is 7.32. The summed E-state index contributed by atoms with van der Waals surface area (Å²) in [6, 6.07) is 14.8. The zero-order chi connectivity index (χ0) is 23.6. The van der Waals surface area contributed by atoms with Gasteiger partial charge in [0.15, 0.2) is 0 Å². The molecule has 1 aliphatic rings. The van der Waals surface area contributed by atoms with Gasteiger partial charge in [0.1, 0.15) is 16.5 Å². The Morgan fingerprint density at radius 2 is 1.79 bits per heavy atom. The number of fused-ring (bicyclic) bond motifs is 1. The lowest BCUT2D eigenvalue weighted by atomic mass is 10.0. The molecule has 0 fully saturated rings. The van der Waals surface area contributed by atoms with E-state index in [1.165, 1.54) is 25.3 Å². The molecule has 4 rings (SSSR count). The van der Waals surface area contributed by atoms with Crippen molar-refractivity contribution in [1.29, 1.82) is 0 Å². The first-order valence-corrected chi connectivity index (χ1v) is 11.4. The number of para-hydroxylation sites is 1. The Balaban J connectivity index is 1.60. The number of aryl methyl sites for hydroxylation is 1. The number of carbonyl (C=O) groups is 2. The highest BCUT2D eigenvalue weighted by molar-refractivity contribution is 7.92. The number of amides is 2. The topological polar surface area (TPSA) is 114 Å². The van der Waals surface area contributed by atoms with Crippen LogP contribution in [0.1, 0.15) is 22.3 Å². The van der Waals surface area contributed by atoms with Crippen LogP contribution in [0.4, 0.5) is 21.5 Å². The van der Waals surface area contributed by atoms with Crippen LogP contribution in [0.25, 0.3) is 0 Å². The van der Waals surface area contributed by atoms with Crippen molar-refractivity contribution < 1.29 is 27.1 Å². The number of methoxy groups -OCH3 is 1. The summed E-state index contributed by atoms with van der Waals surface area (Å²) in [6.45, 7) is 0. The predicted molar refractivity (Wildman–Crippen MR) is 122 cm³/mol. The lowest BCUT2D eigenvalue weighted by molar-refractivity contribution is -0.116. The molecule has 0 spiro atoms. The number of rotatable bonds is 6. The molecule has 2 amide bonds. The van der Waals surface area contributed by atoms with Crippen molar-refractivity contribution in [1.82, 2.24) is 0 Å². The summed E-state index contributed by atoms with van der Waals surface area (Å²) in [5.41, 5.74) is 1.31. The summed E-state index contributed by atoms with van der Waals surface area (Å²) in [4.78, 5) is 23.8. The minimum Gasteiger partial charge on any atom is -0.497 e. The van der Waals surface area contributed by atoms with Gasteiger partial charge in [-0.15, -0.1) is 0 Å². The number of anilines is 3. The standard InChI is InChI=1S/C23H20FN3O5S/c1-32-16-9-7-15(8-10-16)25-23(29)17-4-2-3-5-19(17)27-33(30,31)21-12-14-6-11-22(28)26-20(14)13-18(21)24/h2-5,7-10,12-13,27H,6,11H2,1H3,(H,25,29)(H,26,28). The SMILES string of the molecule is COc1ccc(NC(=O)c2ccccc2NS(=O)(=O)c2cc3c(cc2F)NC(=O)CC3)cc1. The number of halogens is 1. The van der Waals surface area contributed by atoms with E-state index in [9.17, 15) is 22.4 Å². The Morgan fingerprint density at radius 1 is 1.06 bits per heavy atom. The second kappa shape index (κ2) is 8.91.